The lowest BCUT2D eigenvalue weighted by Gasteiger charge is -2.52. The molecule has 0 radical (unpaired) electrons. The van der Waals surface area contributed by atoms with Crippen LogP contribution >= 0.6 is 11.6 Å². The molecule has 3 heterocycles. The van der Waals surface area contributed by atoms with Crippen molar-refractivity contribution in [2.75, 3.05) is 24.7 Å². The van der Waals surface area contributed by atoms with Crippen molar-refractivity contribution in [1.29, 1.82) is 0 Å². The van der Waals surface area contributed by atoms with Gasteiger partial charge in [0.25, 0.3) is 12.3 Å². The summed E-state index contributed by atoms with van der Waals surface area (Å²) in [6.45, 7) is -0.445. The molecule has 2 fully saturated rings. The van der Waals surface area contributed by atoms with Gasteiger partial charge in [0.05, 0.1) is 18.2 Å². The summed E-state index contributed by atoms with van der Waals surface area (Å²) in [5.74, 6) is -2.03. The van der Waals surface area contributed by atoms with E-state index in [1.54, 1.807) is 0 Å². The summed E-state index contributed by atoms with van der Waals surface area (Å²) in [4.78, 5) is 32.3. The van der Waals surface area contributed by atoms with E-state index in [0.717, 1.165) is 11.0 Å². The molecule has 29 heavy (non-hydrogen) atoms. The average Bonchev–Trinajstić information content (AvgIpc) is 2.64. The van der Waals surface area contributed by atoms with Gasteiger partial charge in [-0.25, -0.2) is 18.2 Å². The fourth-order valence-corrected chi connectivity index (χ4v) is 3.58. The molecule has 0 saturated carbocycles. The molecule has 2 aliphatic heterocycles. The minimum Gasteiger partial charge on any atom is -0.375 e. The zero-order chi connectivity index (χ0) is 20.8. The predicted octanol–water partition coefficient (Wildman–Crippen LogP) is 2.96. The Kier molecular flexibility index (Phi) is 4.95. The maximum absolute atomic E-state index is 14.3. The molecule has 0 N–H and O–H groups in total. The van der Waals surface area contributed by atoms with Crippen LogP contribution in [0.2, 0.25) is 5.02 Å². The smallest absolute Gasteiger partial charge is 0.263 e. The number of amides is 2. The Morgan fingerprint density at radius 2 is 1.90 bits per heavy atom. The first-order valence-electron chi connectivity index (χ1n) is 8.70. The third-order valence-electron chi connectivity index (χ3n) is 5.05. The molecule has 2 aliphatic rings. The molecule has 0 aliphatic carbocycles. The van der Waals surface area contributed by atoms with E-state index in [-0.39, 0.29) is 36.2 Å². The first-order valence-corrected chi connectivity index (χ1v) is 9.08. The summed E-state index contributed by atoms with van der Waals surface area (Å²) in [6, 6.07) is 6.54. The number of piperazine rings is 1. The quantitative estimate of drug-likeness (QED) is 0.755. The number of halogens is 4. The Labute approximate surface area is 168 Å². The first-order chi connectivity index (χ1) is 13.8. The largest absolute Gasteiger partial charge is 0.375 e. The Bertz CT molecular complexity index is 967. The number of hydrogen-bond acceptors (Lipinski definition) is 4. The summed E-state index contributed by atoms with van der Waals surface area (Å²) in [5, 5.41) is 0.0672. The lowest BCUT2D eigenvalue weighted by Crippen LogP contribution is -2.76. The molecular formula is C19H15ClF3N3O3. The molecule has 0 unspecified atom stereocenters. The van der Waals surface area contributed by atoms with Gasteiger partial charge in [-0.1, -0.05) is 35.9 Å². The molecule has 2 saturated heterocycles. The SMILES string of the molecule is O=C1CN(c2ncc(Cl)cc2F)C(=O)C2(COC2)N1Cc1ccc(C(F)F)cc1. The second-order valence-electron chi connectivity index (χ2n) is 6.90. The average molecular weight is 426 g/mol. The summed E-state index contributed by atoms with van der Waals surface area (Å²) in [5.41, 5.74) is -0.831. The van der Waals surface area contributed by atoms with Crippen LogP contribution in [0, 0.1) is 5.82 Å². The van der Waals surface area contributed by atoms with Crippen LogP contribution in [0.25, 0.3) is 0 Å². The zero-order valence-electron chi connectivity index (χ0n) is 14.9. The van der Waals surface area contributed by atoms with Crippen molar-refractivity contribution in [2.45, 2.75) is 18.5 Å². The van der Waals surface area contributed by atoms with Gasteiger partial charge < -0.3 is 9.64 Å². The van der Waals surface area contributed by atoms with Crippen LogP contribution < -0.4 is 4.90 Å². The minimum atomic E-state index is -2.59. The predicted molar refractivity (Wildman–Crippen MR) is 97.1 cm³/mol. The van der Waals surface area contributed by atoms with Gasteiger partial charge in [-0.3, -0.25) is 14.5 Å². The Morgan fingerprint density at radius 3 is 2.45 bits per heavy atom. The van der Waals surface area contributed by atoms with Crippen LogP contribution in [0.15, 0.2) is 36.5 Å². The molecule has 0 bridgehead atoms. The van der Waals surface area contributed by atoms with Crippen LogP contribution in [0.4, 0.5) is 19.0 Å². The third-order valence-corrected chi connectivity index (χ3v) is 5.26. The van der Waals surface area contributed by atoms with Crippen molar-refractivity contribution in [3.63, 3.8) is 0 Å². The number of alkyl halides is 2. The third kappa shape index (κ3) is 3.34. The number of pyridine rings is 1. The van der Waals surface area contributed by atoms with Crippen molar-refractivity contribution in [2.24, 2.45) is 0 Å². The van der Waals surface area contributed by atoms with Gasteiger partial charge >= 0.3 is 0 Å². The molecule has 2 aromatic rings. The van der Waals surface area contributed by atoms with Gasteiger partial charge in [0.1, 0.15) is 6.54 Å². The van der Waals surface area contributed by atoms with Gasteiger partial charge in [-0.2, -0.15) is 0 Å². The van der Waals surface area contributed by atoms with Gasteiger partial charge in [0, 0.05) is 18.3 Å². The molecule has 2 amide bonds. The molecule has 0 atom stereocenters. The topological polar surface area (TPSA) is 62.7 Å². The Hall–Kier alpha value is -2.65. The number of ether oxygens (including phenoxy) is 1. The number of aromatic nitrogens is 1. The van der Waals surface area contributed by atoms with Crippen LogP contribution in [0.3, 0.4) is 0 Å². The van der Waals surface area contributed by atoms with E-state index < -0.39 is 36.1 Å². The number of carbonyl (C=O) groups is 2. The second kappa shape index (κ2) is 7.31. The van der Waals surface area contributed by atoms with Crippen LogP contribution in [0.5, 0.6) is 0 Å². The van der Waals surface area contributed by atoms with Gasteiger partial charge in [0.2, 0.25) is 5.91 Å². The van der Waals surface area contributed by atoms with E-state index in [4.69, 9.17) is 16.3 Å². The van der Waals surface area contributed by atoms with Gasteiger partial charge in [0.15, 0.2) is 17.2 Å². The van der Waals surface area contributed by atoms with E-state index >= 15 is 0 Å². The summed E-state index contributed by atoms with van der Waals surface area (Å²) in [7, 11) is 0. The molecule has 6 nitrogen and oxygen atoms in total. The minimum absolute atomic E-state index is 0.0433. The number of benzene rings is 1. The Balaban J connectivity index is 1.62. The number of hydrogen-bond donors (Lipinski definition) is 0. The molecule has 1 aromatic carbocycles. The highest BCUT2D eigenvalue weighted by molar-refractivity contribution is 6.30. The maximum atomic E-state index is 14.3. The lowest BCUT2D eigenvalue weighted by atomic mass is 9.89. The van der Waals surface area contributed by atoms with Crippen molar-refractivity contribution in [3.05, 3.63) is 58.5 Å². The van der Waals surface area contributed by atoms with E-state index in [1.807, 2.05) is 0 Å². The number of rotatable bonds is 4. The van der Waals surface area contributed by atoms with Crippen LogP contribution in [-0.2, 0) is 20.9 Å². The monoisotopic (exact) mass is 425 g/mol. The molecule has 1 aromatic heterocycles. The highest BCUT2D eigenvalue weighted by atomic mass is 35.5. The highest BCUT2D eigenvalue weighted by Crippen LogP contribution is 2.35. The van der Waals surface area contributed by atoms with E-state index in [0.29, 0.717) is 5.56 Å². The maximum Gasteiger partial charge on any atom is 0.263 e. The Morgan fingerprint density at radius 1 is 1.21 bits per heavy atom. The summed E-state index contributed by atoms with van der Waals surface area (Å²) >= 11 is 5.71. The fourth-order valence-electron chi connectivity index (χ4n) is 3.44. The highest BCUT2D eigenvalue weighted by Gasteiger charge is 2.58. The molecule has 4 rings (SSSR count). The zero-order valence-corrected chi connectivity index (χ0v) is 15.7. The van der Waals surface area contributed by atoms with Gasteiger partial charge in [-0.15, -0.1) is 0 Å². The van der Waals surface area contributed by atoms with E-state index in [2.05, 4.69) is 4.98 Å². The normalized spacial score (nSPS) is 18.5. The van der Waals surface area contributed by atoms with Crippen LogP contribution in [-0.4, -0.2) is 47.0 Å². The summed E-state index contributed by atoms with van der Waals surface area (Å²) < 4.78 is 45.0. The van der Waals surface area contributed by atoms with Crippen molar-refractivity contribution in [3.8, 4) is 0 Å². The molecule has 152 valence electrons. The van der Waals surface area contributed by atoms with Crippen molar-refractivity contribution < 1.29 is 27.5 Å². The van der Waals surface area contributed by atoms with Crippen LogP contribution in [0.1, 0.15) is 17.6 Å². The van der Waals surface area contributed by atoms with Crippen molar-refractivity contribution in [1.82, 2.24) is 9.88 Å². The number of anilines is 1. The second-order valence-corrected chi connectivity index (χ2v) is 7.33. The summed E-state index contributed by atoms with van der Waals surface area (Å²) in [6.07, 6.45) is -1.40. The van der Waals surface area contributed by atoms with Crippen molar-refractivity contribution >= 4 is 29.2 Å². The molecule has 1 spiro atoms. The first kappa shape index (κ1) is 19.7. The number of carbonyl (C=O) groups excluding carboxylic acids is 2. The van der Waals surface area contributed by atoms with E-state index in [9.17, 15) is 22.8 Å². The molecule has 10 heteroatoms. The van der Waals surface area contributed by atoms with Gasteiger partial charge in [-0.05, 0) is 11.6 Å². The number of nitrogens with zero attached hydrogens (tertiary/aromatic N) is 3. The molecular weight excluding hydrogens is 411 g/mol. The fraction of sp³-hybridized carbons (Fsp3) is 0.316. The lowest BCUT2D eigenvalue weighted by molar-refractivity contribution is -0.184. The standard InChI is InChI=1S/C19H15ClF3N3O3/c20-13-5-14(21)17(24-6-13)25-8-15(27)26(19(18(25)28)9-29-10-19)7-11-1-3-12(4-2-11)16(22)23/h1-6,16H,7-10H2. The van der Waals surface area contributed by atoms with E-state index in [1.165, 1.54) is 35.4 Å².